The van der Waals surface area contributed by atoms with Gasteiger partial charge in [-0.2, -0.15) is 0 Å². The predicted octanol–water partition coefficient (Wildman–Crippen LogP) is 3.77. The van der Waals surface area contributed by atoms with E-state index in [0.29, 0.717) is 19.3 Å². The third-order valence-electron chi connectivity index (χ3n) is 5.16. The molecule has 0 saturated carbocycles. The SMILES string of the molecule is CC(C)(C)OC(=O)N[C@@H](Cc1ccccc1)C[C@H](O)[C@@H](N)Cc1ccccc1.O=C(O)CCCC(=O)O. The van der Waals surface area contributed by atoms with Crippen molar-refractivity contribution in [1.29, 1.82) is 0 Å². The lowest BCUT2D eigenvalue weighted by molar-refractivity contribution is -0.138. The lowest BCUT2D eigenvalue weighted by Crippen LogP contribution is -2.46. The van der Waals surface area contributed by atoms with Crippen LogP contribution >= 0.6 is 0 Å². The van der Waals surface area contributed by atoms with Crippen LogP contribution in [0.15, 0.2) is 60.7 Å². The zero-order valence-corrected chi connectivity index (χ0v) is 21.8. The van der Waals surface area contributed by atoms with E-state index in [1.54, 1.807) is 0 Å². The number of alkyl carbamates (subject to hydrolysis) is 1. The predicted molar refractivity (Wildman–Crippen MR) is 141 cm³/mol. The highest BCUT2D eigenvalue weighted by Gasteiger charge is 2.24. The summed E-state index contributed by atoms with van der Waals surface area (Å²) in [7, 11) is 0. The van der Waals surface area contributed by atoms with Crippen molar-refractivity contribution in [3.63, 3.8) is 0 Å². The Morgan fingerprint density at radius 2 is 1.32 bits per heavy atom. The maximum Gasteiger partial charge on any atom is 0.407 e. The molecule has 2 aromatic carbocycles. The van der Waals surface area contributed by atoms with Gasteiger partial charge in [-0.05, 0) is 57.6 Å². The number of carboxylic acid groups (broad SMARTS) is 2. The van der Waals surface area contributed by atoms with Crippen LogP contribution in [-0.2, 0) is 27.2 Å². The van der Waals surface area contributed by atoms with Gasteiger partial charge in [-0.15, -0.1) is 0 Å². The fraction of sp³-hybridized carbons (Fsp3) is 0.464. The molecule has 9 heteroatoms. The number of carbonyl (C=O) groups is 3. The molecular weight excluding hydrogens is 476 g/mol. The van der Waals surface area contributed by atoms with E-state index in [-0.39, 0.29) is 25.3 Å². The number of aliphatic carboxylic acids is 2. The average molecular weight is 517 g/mol. The van der Waals surface area contributed by atoms with Crippen molar-refractivity contribution in [2.45, 2.75) is 83.1 Å². The third kappa shape index (κ3) is 16.0. The number of amides is 1. The first-order chi connectivity index (χ1) is 17.4. The summed E-state index contributed by atoms with van der Waals surface area (Å²) >= 11 is 0. The van der Waals surface area contributed by atoms with Crippen molar-refractivity contribution >= 4 is 18.0 Å². The van der Waals surface area contributed by atoms with Crippen molar-refractivity contribution in [2.24, 2.45) is 5.73 Å². The zero-order chi connectivity index (χ0) is 27.8. The normalized spacial score (nSPS) is 13.3. The summed E-state index contributed by atoms with van der Waals surface area (Å²) in [5.41, 5.74) is 7.80. The van der Waals surface area contributed by atoms with Gasteiger partial charge in [-0.1, -0.05) is 60.7 Å². The van der Waals surface area contributed by atoms with Crippen molar-refractivity contribution in [3.8, 4) is 0 Å². The first-order valence-electron chi connectivity index (χ1n) is 12.3. The standard InChI is InChI=1S/C23H32N2O3.C5H8O4/c1-23(2,3)28-22(27)25-19(14-17-10-6-4-7-11-17)16-21(26)20(24)15-18-12-8-5-9-13-18;6-4(7)2-1-3-5(8)9/h4-13,19-21,26H,14-16,24H2,1-3H3,(H,25,27);1-3H2,(H,6,7)(H,8,9)/t19-,20-,21-;/m0./s1. The van der Waals surface area contributed by atoms with Gasteiger partial charge in [-0.3, -0.25) is 9.59 Å². The van der Waals surface area contributed by atoms with Gasteiger partial charge in [0, 0.05) is 24.9 Å². The Hall–Kier alpha value is -3.43. The van der Waals surface area contributed by atoms with Gasteiger partial charge in [0.15, 0.2) is 0 Å². The summed E-state index contributed by atoms with van der Waals surface area (Å²) in [4.78, 5) is 31.8. The molecular formula is C28H40N2O7. The summed E-state index contributed by atoms with van der Waals surface area (Å²) in [6.45, 7) is 5.47. The van der Waals surface area contributed by atoms with E-state index in [4.69, 9.17) is 20.7 Å². The van der Waals surface area contributed by atoms with Crippen molar-refractivity contribution in [2.75, 3.05) is 0 Å². The molecule has 0 aliphatic heterocycles. The van der Waals surface area contributed by atoms with Gasteiger partial charge in [0.1, 0.15) is 5.60 Å². The van der Waals surface area contributed by atoms with E-state index in [2.05, 4.69) is 5.32 Å². The molecule has 3 atom stereocenters. The molecule has 0 aromatic heterocycles. The number of benzene rings is 2. The van der Waals surface area contributed by atoms with Crippen LogP contribution in [-0.4, -0.2) is 57.1 Å². The zero-order valence-electron chi connectivity index (χ0n) is 21.8. The fourth-order valence-corrected chi connectivity index (χ4v) is 3.45. The molecule has 0 heterocycles. The van der Waals surface area contributed by atoms with Crippen LogP contribution in [0.5, 0.6) is 0 Å². The van der Waals surface area contributed by atoms with E-state index in [9.17, 15) is 19.5 Å². The van der Waals surface area contributed by atoms with Gasteiger partial charge in [0.25, 0.3) is 0 Å². The lowest BCUT2D eigenvalue weighted by atomic mass is 9.94. The Labute approximate surface area is 218 Å². The minimum absolute atomic E-state index is 0.0632. The Balaban J connectivity index is 0.000000649. The van der Waals surface area contributed by atoms with Crippen LogP contribution in [0.4, 0.5) is 4.79 Å². The number of rotatable bonds is 12. The highest BCUT2D eigenvalue weighted by Crippen LogP contribution is 2.14. The molecule has 9 nitrogen and oxygen atoms in total. The molecule has 0 aliphatic rings. The number of aliphatic hydroxyl groups excluding tert-OH is 1. The van der Waals surface area contributed by atoms with Gasteiger partial charge in [-0.25, -0.2) is 4.79 Å². The summed E-state index contributed by atoms with van der Waals surface area (Å²) in [5, 5.41) is 29.6. The molecule has 0 aliphatic carbocycles. The van der Waals surface area contributed by atoms with Crippen LogP contribution in [0, 0.1) is 0 Å². The van der Waals surface area contributed by atoms with Gasteiger partial charge in [0.2, 0.25) is 0 Å². The highest BCUT2D eigenvalue weighted by atomic mass is 16.6. The van der Waals surface area contributed by atoms with E-state index < -0.39 is 35.8 Å². The molecule has 204 valence electrons. The molecule has 2 rings (SSSR count). The number of carboxylic acids is 2. The molecule has 2 aromatic rings. The summed E-state index contributed by atoms with van der Waals surface area (Å²) in [6, 6.07) is 19.0. The number of nitrogens with two attached hydrogens (primary N) is 1. The van der Waals surface area contributed by atoms with Crippen molar-refractivity contribution in [1.82, 2.24) is 5.32 Å². The van der Waals surface area contributed by atoms with E-state index in [1.807, 2.05) is 81.4 Å². The highest BCUT2D eigenvalue weighted by molar-refractivity contribution is 5.70. The summed E-state index contributed by atoms with van der Waals surface area (Å²) in [6.07, 6.45) is 0.369. The Morgan fingerprint density at radius 1 is 0.865 bits per heavy atom. The number of aliphatic hydroxyl groups is 1. The van der Waals surface area contributed by atoms with Crippen LogP contribution in [0.25, 0.3) is 0 Å². The second kappa shape index (κ2) is 16.3. The average Bonchev–Trinajstić information content (AvgIpc) is 2.79. The van der Waals surface area contributed by atoms with E-state index >= 15 is 0 Å². The minimum Gasteiger partial charge on any atom is -0.481 e. The van der Waals surface area contributed by atoms with Crippen LogP contribution < -0.4 is 11.1 Å². The smallest absolute Gasteiger partial charge is 0.407 e. The maximum absolute atomic E-state index is 12.3. The number of carbonyl (C=O) groups excluding carboxylic acids is 1. The van der Waals surface area contributed by atoms with Crippen LogP contribution in [0.2, 0.25) is 0 Å². The van der Waals surface area contributed by atoms with Crippen molar-refractivity contribution in [3.05, 3.63) is 71.8 Å². The monoisotopic (exact) mass is 516 g/mol. The molecule has 0 fully saturated rings. The number of hydrogen-bond donors (Lipinski definition) is 5. The number of hydrogen-bond acceptors (Lipinski definition) is 6. The molecule has 0 spiro atoms. The minimum atomic E-state index is -0.948. The molecule has 37 heavy (non-hydrogen) atoms. The Kier molecular flexibility index (Phi) is 14.0. The molecule has 0 radical (unpaired) electrons. The van der Waals surface area contributed by atoms with E-state index in [1.165, 1.54) is 0 Å². The second-order valence-electron chi connectivity index (χ2n) is 9.83. The second-order valence-corrected chi connectivity index (χ2v) is 9.83. The number of ether oxygens (including phenoxy) is 1. The molecule has 0 saturated heterocycles. The largest absolute Gasteiger partial charge is 0.481 e. The molecule has 0 unspecified atom stereocenters. The Bertz CT molecular complexity index is 932. The van der Waals surface area contributed by atoms with Crippen molar-refractivity contribution < 1.29 is 34.4 Å². The van der Waals surface area contributed by atoms with E-state index in [0.717, 1.165) is 11.1 Å². The van der Waals surface area contributed by atoms with Crippen LogP contribution in [0.3, 0.4) is 0 Å². The Morgan fingerprint density at radius 3 is 1.76 bits per heavy atom. The lowest BCUT2D eigenvalue weighted by Gasteiger charge is -2.27. The quantitative estimate of drug-likeness (QED) is 0.285. The molecule has 6 N–H and O–H groups in total. The first kappa shape index (κ1) is 31.6. The molecule has 0 bridgehead atoms. The summed E-state index contributed by atoms with van der Waals surface area (Å²) < 4.78 is 5.38. The third-order valence-corrected chi connectivity index (χ3v) is 5.16. The fourth-order valence-electron chi connectivity index (χ4n) is 3.45. The first-order valence-corrected chi connectivity index (χ1v) is 12.3. The van der Waals surface area contributed by atoms with Crippen LogP contribution in [0.1, 0.15) is 57.6 Å². The maximum atomic E-state index is 12.3. The van der Waals surface area contributed by atoms with Gasteiger partial charge in [0.05, 0.1) is 6.10 Å². The number of nitrogens with one attached hydrogen (secondary N) is 1. The topological polar surface area (TPSA) is 159 Å². The summed E-state index contributed by atoms with van der Waals surface area (Å²) in [5.74, 6) is -1.90. The molecule has 1 amide bonds. The van der Waals surface area contributed by atoms with Gasteiger partial charge >= 0.3 is 18.0 Å². The van der Waals surface area contributed by atoms with Gasteiger partial charge < -0.3 is 31.1 Å².